The Bertz CT molecular complexity index is 1190. The molecule has 0 saturated heterocycles. The second-order valence-electron chi connectivity index (χ2n) is 6.06. The summed E-state index contributed by atoms with van der Waals surface area (Å²) in [4.78, 5) is 12.3. The molecule has 28 heavy (non-hydrogen) atoms. The largest absolute Gasteiger partial charge is 0.289 e. The number of carbonyl (C=O) groups is 1. The van der Waals surface area contributed by atoms with E-state index in [1.807, 2.05) is 42.5 Å². The van der Waals surface area contributed by atoms with Gasteiger partial charge in [0.05, 0.1) is 16.9 Å². The lowest BCUT2D eigenvalue weighted by Gasteiger charge is -2.01. The molecule has 0 unspecified atom stereocenters. The number of aromatic nitrogens is 2. The van der Waals surface area contributed by atoms with Gasteiger partial charge in [-0.1, -0.05) is 65.7 Å². The summed E-state index contributed by atoms with van der Waals surface area (Å²) < 4.78 is 0. The van der Waals surface area contributed by atoms with Crippen molar-refractivity contribution in [1.82, 2.24) is 15.6 Å². The Kier molecular flexibility index (Phi) is 5.10. The highest BCUT2D eigenvalue weighted by atomic mass is 35.5. The van der Waals surface area contributed by atoms with Gasteiger partial charge in [-0.15, -0.1) is 0 Å². The first-order valence-electron chi connectivity index (χ1n) is 8.44. The highest BCUT2D eigenvalue weighted by Crippen LogP contribution is 2.29. The number of nitrogens with zero attached hydrogens (tertiary/aromatic N) is 2. The third-order valence-electron chi connectivity index (χ3n) is 4.22. The molecule has 2 N–H and O–H groups in total. The first-order valence-corrected chi connectivity index (χ1v) is 9.19. The smallest absolute Gasteiger partial charge is 0.272 e. The molecule has 0 atom stereocenters. The topological polar surface area (TPSA) is 70.1 Å². The molecular formula is C21H14Cl2N4O. The molecule has 0 radical (unpaired) electrons. The van der Waals surface area contributed by atoms with E-state index in [0.29, 0.717) is 21.3 Å². The lowest BCUT2D eigenvalue weighted by molar-refractivity contribution is 0.0950. The molecular weight excluding hydrogens is 395 g/mol. The minimum atomic E-state index is -0.402. The van der Waals surface area contributed by atoms with Crippen molar-refractivity contribution in [2.24, 2.45) is 5.10 Å². The van der Waals surface area contributed by atoms with Crippen LogP contribution in [0.15, 0.2) is 71.8 Å². The molecule has 1 aromatic heterocycles. The molecule has 0 fully saturated rings. The molecule has 1 amide bonds. The van der Waals surface area contributed by atoms with Gasteiger partial charge in [0.2, 0.25) is 0 Å². The molecule has 0 saturated carbocycles. The second kappa shape index (κ2) is 7.84. The van der Waals surface area contributed by atoms with Gasteiger partial charge in [-0.3, -0.25) is 9.89 Å². The van der Waals surface area contributed by atoms with Gasteiger partial charge in [0.15, 0.2) is 0 Å². The molecule has 4 rings (SSSR count). The van der Waals surface area contributed by atoms with Crippen LogP contribution >= 0.6 is 23.2 Å². The Balaban J connectivity index is 1.50. The van der Waals surface area contributed by atoms with Crippen LogP contribution in [-0.2, 0) is 0 Å². The van der Waals surface area contributed by atoms with Crippen molar-refractivity contribution in [3.63, 3.8) is 0 Å². The summed E-state index contributed by atoms with van der Waals surface area (Å²) in [7, 11) is 0. The highest BCUT2D eigenvalue weighted by Gasteiger charge is 2.12. The van der Waals surface area contributed by atoms with Crippen LogP contribution in [-0.4, -0.2) is 22.3 Å². The number of benzene rings is 3. The van der Waals surface area contributed by atoms with Gasteiger partial charge >= 0.3 is 0 Å². The van der Waals surface area contributed by atoms with Gasteiger partial charge in [0, 0.05) is 16.1 Å². The van der Waals surface area contributed by atoms with E-state index in [1.54, 1.807) is 30.5 Å². The van der Waals surface area contributed by atoms with Crippen LogP contribution < -0.4 is 5.43 Å². The van der Waals surface area contributed by atoms with E-state index >= 15 is 0 Å². The van der Waals surface area contributed by atoms with Crippen LogP contribution in [0.5, 0.6) is 0 Å². The predicted octanol–water partition coefficient (Wildman–Crippen LogP) is 5.30. The number of halogens is 2. The maximum absolute atomic E-state index is 12.3. The van der Waals surface area contributed by atoms with E-state index < -0.39 is 5.91 Å². The van der Waals surface area contributed by atoms with Gasteiger partial charge in [0.1, 0.15) is 5.69 Å². The van der Waals surface area contributed by atoms with Crippen molar-refractivity contribution >= 4 is 46.1 Å². The van der Waals surface area contributed by atoms with Gasteiger partial charge in [-0.2, -0.15) is 10.2 Å². The third kappa shape index (κ3) is 3.76. The van der Waals surface area contributed by atoms with Gasteiger partial charge in [-0.25, -0.2) is 5.43 Å². The summed E-state index contributed by atoms with van der Waals surface area (Å²) >= 11 is 12.1. The van der Waals surface area contributed by atoms with Crippen LogP contribution in [0, 0.1) is 0 Å². The highest BCUT2D eigenvalue weighted by molar-refractivity contribution is 6.36. The summed E-state index contributed by atoms with van der Waals surface area (Å²) in [5, 5.41) is 14.1. The van der Waals surface area contributed by atoms with Crippen molar-refractivity contribution in [3.05, 3.63) is 88.0 Å². The van der Waals surface area contributed by atoms with Gasteiger partial charge < -0.3 is 0 Å². The number of H-pyrrole nitrogens is 1. The number of nitrogens with one attached hydrogen (secondary N) is 2. The molecule has 0 aliphatic heterocycles. The van der Waals surface area contributed by atoms with Crippen LogP contribution in [0.2, 0.25) is 10.0 Å². The maximum Gasteiger partial charge on any atom is 0.289 e. The summed E-state index contributed by atoms with van der Waals surface area (Å²) in [6.07, 6.45) is 1.62. The average molecular weight is 409 g/mol. The number of hydrazone groups is 1. The van der Waals surface area contributed by atoms with Crippen molar-refractivity contribution in [1.29, 1.82) is 0 Å². The van der Waals surface area contributed by atoms with Crippen molar-refractivity contribution in [3.8, 4) is 11.3 Å². The van der Waals surface area contributed by atoms with E-state index in [0.717, 1.165) is 16.3 Å². The van der Waals surface area contributed by atoms with Crippen molar-refractivity contribution in [2.45, 2.75) is 0 Å². The Hall–Kier alpha value is -3.15. The maximum atomic E-state index is 12.3. The fourth-order valence-electron chi connectivity index (χ4n) is 2.86. The first kappa shape index (κ1) is 18.2. The number of amides is 1. The second-order valence-corrected chi connectivity index (χ2v) is 6.90. The summed E-state index contributed by atoms with van der Waals surface area (Å²) in [6, 6.07) is 20.6. The van der Waals surface area contributed by atoms with Crippen LogP contribution in [0.1, 0.15) is 16.1 Å². The minimum absolute atomic E-state index is 0.274. The van der Waals surface area contributed by atoms with Crippen molar-refractivity contribution < 1.29 is 4.79 Å². The van der Waals surface area contributed by atoms with E-state index in [9.17, 15) is 4.79 Å². The van der Waals surface area contributed by atoms with E-state index in [4.69, 9.17) is 23.2 Å². The zero-order chi connectivity index (χ0) is 19.5. The number of aromatic amines is 1. The minimum Gasteiger partial charge on any atom is -0.272 e. The average Bonchev–Trinajstić information content (AvgIpc) is 3.18. The fraction of sp³-hybridized carbons (Fsp3) is 0. The molecule has 4 aromatic rings. The number of hydrogen-bond donors (Lipinski definition) is 2. The van der Waals surface area contributed by atoms with Crippen molar-refractivity contribution in [2.75, 3.05) is 0 Å². The fourth-order valence-corrected chi connectivity index (χ4v) is 3.36. The predicted molar refractivity (Wildman–Crippen MR) is 113 cm³/mol. The normalized spacial score (nSPS) is 11.2. The Labute approximate surface area is 171 Å². The lowest BCUT2D eigenvalue weighted by Crippen LogP contribution is -2.18. The van der Waals surface area contributed by atoms with E-state index in [-0.39, 0.29) is 5.69 Å². The molecule has 7 heteroatoms. The molecule has 0 spiro atoms. The quantitative estimate of drug-likeness (QED) is 0.355. The zero-order valence-electron chi connectivity index (χ0n) is 14.5. The number of hydrogen-bond acceptors (Lipinski definition) is 3. The first-order chi connectivity index (χ1) is 13.6. The standard InChI is InChI=1S/C21H14Cl2N4O/c22-15-8-9-17(18(23)10-15)19-11-20(26-25-19)21(28)27-24-12-14-6-3-5-13-4-1-2-7-16(13)14/h1-12H,(H,25,26)(H,27,28)/b24-12+. The summed E-state index contributed by atoms with van der Waals surface area (Å²) in [6.45, 7) is 0. The Morgan fingerprint density at radius 1 is 1.04 bits per heavy atom. The molecule has 5 nitrogen and oxygen atoms in total. The number of fused-ring (bicyclic) bond motifs is 1. The van der Waals surface area contributed by atoms with Crippen LogP contribution in [0.25, 0.3) is 22.0 Å². The third-order valence-corrected chi connectivity index (χ3v) is 4.77. The monoisotopic (exact) mass is 408 g/mol. The Morgan fingerprint density at radius 2 is 1.86 bits per heavy atom. The van der Waals surface area contributed by atoms with Crippen LogP contribution in [0.3, 0.4) is 0 Å². The van der Waals surface area contributed by atoms with Gasteiger partial charge in [-0.05, 0) is 35.0 Å². The molecule has 0 aliphatic rings. The van der Waals surface area contributed by atoms with Gasteiger partial charge in [0.25, 0.3) is 5.91 Å². The molecule has 0 bridgehead atoms. The number of rotatable bonds is 4. The zero-order valence-corrected chi connectivity index (χ0v) is 16.0. The molecule has 0 aliphatic carbocycles. The summed E-state index contributed by atoms with van der Waals surface area (Å²) in [5.41, 5.74) is 4.92. The molecule has 138 valence electrons. The lowest BCUT2D eigenvalue weighted by atomic mass is 10.1. The van der Waals surface area contributed by atoms with E-state index in [1.165, 1.54) is 0 Å². The summed E-state index contributed by atoms with van der Waals surface area (Å²) in [5.74, 6) is -0.402. The molecule has 1 heterocycles. The Morgan fingerprint density at radius 3 is 2.71 bits per heavy atom. The number of carbonyl (C=O) groups excluding carboxylic acids is 1. The SMILES string of the molecule is O=C(N/N=C/c1cccc2ccccc12)c1cc(-c2ccc(Cl)cc2Cl)n[nH]1. The van der Waals surface area contributed by atoms with E-state index in [2.05, 4.69) is 20.7 Å². The van der Waals surface area contributed by atoms with Crippen LogP contribution in [0.4, 0.5) is 0 Å². The molecule has 3 aromatic carbocycles.